The molecular formula is C15H13F2N. The van der Waals surface area contributed by atoms with Crippen molar-refractivity contribution in [2.24, 2.45) is 4.99 Å². The molecule has 0 aliphatic carbocycles. The molecule has 0 radical (unpaired) electrons. The van der Waals surface area contributed by atoms with E-state index in [0.29, 0.717) is 17.7 Å². The minimum Gasteiger partial charge on any atom is -0.288 e. The molecule has 0 amide bonds. The molecule has 2 rings (SSSR count). The molecule has 0 saturated carbocycles. The predicted octanol–water partition coefficient (Wildman–Crippen LogP) is 3.89. The number of aryl methyl sites for hydroxylation is 1. The number of rotatable bonds is 3. The van der Waals surface area contributed by atoms with Gasteiger partial charge in [0.05, 0.1) is 6.54 Å². The summed E-state index contributed by atoms with van der Waals surface area (Å²) in [4.78, 5) is 4.18. The Labute approximate surface area is 105 Å². The van der Waals surface area contributed by atoms with Crippen molar-refractivity contribution < 1.29 is 8.78 Å². The van der Waals surface area contributed by atoms with Crippen molar-refractivity contribution in [1.82, 2.24) is 0 Å². The minimum atomic E-state index is -0.579. The summed E-state index contributed by atoms with van der Waals surface area (Å²) in [5, 5.41) is 0. The Morgan fingerprint density at radius 3 is 2.50 bits per heavy atom. The maximum atomic E-state index is 13.5. The van der Waals surface area contributed by atoms with Crippen molar-refractivity contribution in [3.8, 4) is 0 Å². The predicted molar refractivity (Wildman–Crippen MR) is 68.8 cm³/mol. The van der Waals surface area contributed by atoms with Crippen LogP contribution in [0.25, 0.3) is 0 Å². The van der Waals surface area contributed by atoms with Crippen LogP contribution in [0.5, 0.6) is 0 Å². The summed E-state index contributed by atoms with van der Waals surface area (Å²) in [5.74, 6) is -1.14. The van der Waals surface area contributed by atoms with Crippen LogP contribution in [-0.2, 0) is 6.54 Å². The number of halogens is 2. The number of hydrogen-bond donors (Lipinski definition) is 0. The van der Waals surface area contributed by atoms with Gasteiger partial charge in [0.1, 0.15) is 11.6 Å². The van der Waals surface area contributed by atoms with E-state index in [9.17, 15) is 8.78 Å². The highest BCUT2D eigenvalue weighted by atomic mass is 19.1. The average Bonchev–Trinajstić information content (AvgIpc) is 2.34. The molecule has 2 aromatic carbocycles. The van der Waals surface area contributed by atoms with E-state index in [2.05, 4.69) is 4.99 Å². The van der Waals surface area contributed by atoms with Gasteiger partial charge in [-0.15, -0.1) is 0 Å². The van der Waals surface area contributed by atoms with Gasteiger partial charge in [0.2, 0.25) is 0 Å². The molecule has 0 aliphatic rings. The molecule has 0 aliphatic heterocycles. The summed E-state index contributed by atoms with van der Waals surface area (Å²) < 4.78 is 26.4. The van der Waals surface area contributed by atoms with Gasteiger partial charge in [0, 0.05) is 17.8 Å². The first-order valence-electron chi connectivity index (χ1n) is 5.66. The van der Waals surface area contributed by atoms with Gasteiger partial charge in [0.15, 0.2) is 0 Å². The topological polar surface area (TPSA) is 12.4 Å². The quantitative estimate of drug-likeness (QED) is 0.727. The van der Waals surface area contributed by atoms with Crippen molar-refractivity contribution in [2.75, 3.05) is 0 Å². The number of hydrogen-bond acceptors (Lipinski definition) is 1. The van der Waals surface area contributed by atoms with Crippen molar-refractivity contribution in [3.63, 3.8) is 0 Å². The Morgan fingerprint density at radius 1 is 1.11 bits per heavy atom. The van der Waals surface area contributed by atoms with E-state index < -0.39 is 11.6 Å². The van der Waals surface area contributed by atoms with Crippen LogP contribution < -0.4 is 0 Å². The zero-order valence-electron chi connectivity index (χ0n) is 10.0. The van der Waals surface area contributed by atoms with Crippen molar-refractivity contribution >= 4 is 6.21 Å². The summed E-state index contributed by atoms with van der Waals surface area (Å²) in [6.45, 7) is 2.15. The Hall–Kier alpha value is -2.03. The van der Waals surface area contributed by atoms with Gasteiger partial charge in [0.25, 0.3) is 0 Å². The van der Waals surface area contributed by atoms with Gasteiger partial charge < -0.3 is 0 Å². The molecular weight excluding hydrogens is 232 g/mol. The molecule has 18 heavy (non-hydrogen) atoms. The van der Waals surface area contributed by atoms with E-state index in [1.54, 1.807) is 6.92 Å². The monoisotopic (exact) mass is 245 g/mol. The molecule has 3 heteroatoms. The first-order chi connectivity index (χ1) is 8.66. The van der Waals surface area contributed by atoms with E-state index >= 15 is 0 Å². The Balaban J connectivity index is 2.15. The lowest BCUT2D eigenvalue weighted by Gasteiger charge is -2.02. The van der Waals surface area contributed by atoms with Gasteiger partial charge in [-0.1, -0.05) is 30.3 Å². The molecule has 0 aromatic heterocycles. The number of nitrogens with zero attached hydrogens (tertiary/aromatic N) is 1. The van der Waals surface area contributed by atoms with Crippen LogP contribution in [0.1, 0.15) is 16.7 Å². The van der Waals surface area contributed by atoms with Gasteiger partial charge in [-0.3, -0.25) is 4.99 Å². The van der Waals surface area contributed by atoms with Crippen LogP contribution in [0.2, 0.25) is 0 Å². The highest BCUT2D eigenvalue weighted by Gasteiger charge is 2.05. The van der Waals surface area contributed by atoms with E-state index in [0.717, 1.165) is 11.6 Å². The molecule has 0 atom stereocenters. The molecule has 0 N–H and O–H groups in total. The molecule has 0 saturated heterocycles. The standard InChI is InChI=1S/C15H13F2N/c1-11-7-13(16)8-15(17)14(11)10-18-9-12-5-3-2-4-6-12/h2-8,10H,9H2,1H3. The summed E-state index contributed by atoms with van der Waals surface area (Å²) in [7, 11) is 0. The first kappa shape index (κ1) is 12.4. The average molecular weight is 245 g/mol. The molecule has 0 fully saturated rings. The fourth-order valence-corrected chi connectivity index (χ4v) is 1.70. The normalized spacial score (nSPS) is 11.1. The maximum absolute atomic E-state index is 13.5. The SMILES string of the molecule is Cc1cc(F)cc(F)c1C=NCc1ccccc1. The third kappa shape index (κ3) is 3.00. The van der Waals surface area contributed by atoms with Crippen LogP contribution in [0.4, 0.5) is 8.78 Å². The molecule has 2 aromatic rings. The van der Waals surface area contributed by atoms with Crippen molar-refractivity contribution in [2.45, 2.75) is 13.5 Å². The fraction of sp³-hybridized carbons (Fsp3) is 0.133. The van der Waals surface area contributed by atoms with E-state index in [-0.39, 0.29) is 0 Å². The van der Waals surface area contributed by atoms with Gasteiger partial charge in [-0.05, 0) is 24.1 Å². The third-order valence-electron chi connectivity index (χ3n) is 2.64. The van der Waals surface area contributed by atoms with Crippen molar-refractivity contribution in [1.29, 1.82) is 0 Å². The molecule has 0 unspecified atom stereocenters. The van der Waals surface area contributed by atoms with Crippen LogP contribution in [0.3, 0.4) is 0 Å². The second kappa shape index (κ2) is 5.54. The molecule has 0 bridgehead atoms. The minimum absolute atomic E-state index is 0.340. The summed E-state index contributed by atoms with van der Waals surface area (Å²) in [5.41, 5.74) is 1.94. The number of aliphatic imine (C=N–C) groups is 1. The second-order valence-corrected chi connectivity index (χ2v) is 4.07. The lowest BCUT2D eigenvalue weighted by Crippen LogP contribution is -1.95. The molecule has 0 heterocycles. The Kier molecular flexibility index (Phi) is 3.82. The third-order valence-corrected chi connectivity index (χ3v) is 2.64. The van der Waals surface area contributed by atoms with Crippen LogP contribution in [0.15, 0.2) is 47.5 Å². The fourth-order valence-electron chi connectivity index (χ4n) is 1.70. The summed E-state index contributed by atoms with van der Waals surface area (Å²) >= 11 is 0. The van der Waals surface area contributed by atoms with Crippen LogP contribution in [0, 0.1) is 18.6 Å². The van der Waals surface area contributed by atoms with Gasteiger partial charge in [-0.2, -0.15) is 0 Å². The largest absolute Gasteiger partial charge is 0.288 e. The molecule has 92 valence electrons. The highest BCUT2D eigenvalue weighted by Crippen LogP contribution is 2.13. The summed E-state index contributed by atoms with van der Waals surface area (Å²) in [6.07, 6.45) is 1.46. The second-order valence-electron chi connectivity index (χ2n) is 4.07. The molecule has 0 spiro atoms. The zero-order chi connectivity index (χ0) is 13.0. The smallest absolute Gasteiger partial charge is 0.135 e. The molecule has 1 nitrogen and oxygen atoms in total. The van der Waals surface area contributed by atoms with Gasteiger partial charge >= 0.3 is 0 Å². The Morgan fingerprint density at radius 2 is 1.83 bits per heavy atom. The summed E-state index contributed by atoms with van der Waals surface area (Å²) in [6, 6.07) is 11.8. The lowest BCUT2D eigenvalue weighted by atomic mass is 10.1. The Bertz CT molecular complexity index is 539. The van der Waals surface area contributed by atoms with E-state index in [1.807, 2.05) is 30.3 Å². The van der Waals surface area contributed by atoms with E-state index in [4.69, 9.17) is 0 Å². The zero-order valence-corrected chi connectivity index (χ0v) is 10.0. The van der Waals surface area contributed by atoms with Gasteiger partial charge in [-0.25, -0.2) is 8.78 Å². The van der Waals surface area contributed by atoms with Crippen LogP contribution >= 0.6 is 0 Å². The number of benzene rings is 2. The first-order valence-corrected chi connectivity index (χ1v) is 5.66. The van der Waals surface area contributed by atoms with E-state index in [1.165, 1.54) is 12.3 Å². The van der Waals surface area contributed by atoms with Crippen molar-refractivity contribution in [3.05, 3.63) is 70.8 Å². The van der Waals surface area contributed by atoms with Crippen LogP contribution in [-0.4, -0.2) is 6.21 Å². The maximum Gasteiger partial charge on any atom is 0.135 e. The highest BCUT2D eigenvalue weighted by molar-refractivity contribution is 5.82. The lowest BCUT2D eigenvalue weighted by molar-refractivity contribution is 0.580.